The van der Waals surface area contributed by atoms with Crippen LogP contribution in [0.5, 0.6) is 0 Å². The van der Waals surface area contributed by atoms with E-state index in [0.717, 1.165) is 0 Å². The molecule has 0 bridgehead atoms. The molecule has 0 unspecified atom stereocenters. The Morgan fingerprint density at radius 3 is 2.63 bits per heavy atom. The van der Waals surface area contributed by atoms with Gasteiger partial charge in [-0.25, -0.2) is 23.7 Å². The highest BCUT2D eigenvalue weighted by molar-refractivity contribution is 6.29. The largest absolute Gasteiger partial charge is 0.354 e. The van der Waals surface area contributed by atoms with Gasteiger partial charge in [0.1, 0.15) is 17.0 Å². The van der Waals surface area contributed by atoms with Crippen molar-refractivity contribution in [2.75, 3.05) is 18.0 Å². The third kappa shape index (κ3) is 2.45. The first kappa shape index (κ1) is 12.5. The summed E-state index contributed by atoms with van der Waals surface area (Å²) in [6.45, 7) is 0.514. The van der Waals surface area contributed by atoms with E-state index in [4.69, 9.17) is 11.6 Å². The number of fused-ring (bicyclic) bond motifs is 1. The van der Waals surface area contributed by atoms with Crippen molar-refractivity contribution in [1.29, 1.82) is 0 Å². The molecule has 19 heavy (non-hydrogen) atoms. The molecule has 7 heteroatoms. The van der Waals surface area contributed by atoms with Gasteiger partial charge >= 0.3 is 0 Å². The van der Waals surface area contributed by atoms with E-state index in [1.807, 2.05) is 4.90 Å². The molecule has 3 heterocycles. The third-order valence-corrected chi connectivity index (χ3v) is 3.43. The van der Waals surface area contributed by atoms with Crippen molar-refractivity contribution in [2.24, 2.45) is 0 Å². The maximum atomic E-state index is 13.2. The van der Waals surface area contributed by atoms with Crippen LogP contribution in [0.1, 0.15) is 12.8 Å². The summed E-state index contributed by atoms with van der Waals surface area (Å²) < 4.78 is 26.4. The lowest BCUT2D eigenvalue weighted by Crippen LogP contribution is -2.39. The minimum atomic E-state index is -2.58. The van der Waals surface area contributed by atoms with Crippen LogP contribution in [0.3, 0.4) is 0 Å². The normalized spacial score (nSPS) is 18.8. The Balaban J connectivity index is 1.99. The van der Waals surface area contributed by atoms with E-state index in [2.05, 4.69) is 15.0 Å². The Bertz CT molecular complexity index is 610. The molecule has 2 aromatic heterocycles. The summed E-state index contributed by atoms with van der Waals surface area (Å²) in [7, 11) is 0. The molecule has 0 N–H and O–H groups in total. The van der Waals surface area contributed by atoms with Gasteiger partial charge in [-0.15, -0.1) is 0 Å². The van der Waals surface area contributed by atoms with Gasteiger partial charge in [0.2, 0.25) is 0 Å². The number of halogens is 3. The third-order valence-electron chi connectivity index (χ3n) is 3.22. The Kier molecular flexibility index (Phi) is 2.97. The monoisotopic (exact) mass is 284 g/mol. The lowest BCUT2D eigenvalue weighted by molar-refractivity contribution is -0.0221. The van der Waals surface area contributed by atoms with E-state index < -0.39 is 5.92 Å². The number of nitrogens with zero attached hydrogens (tertiary/aromatic N) is 4. The van der Waals surface area contributed by atoms with Crippen LogP contribution in [-0.2, 0) is 0 Å². The predicted molar refractivity (Wildman–Crippen MR) is 68.7 cm³/mol. The Morgan fingerprint density at radius 1 is 1.16 bits per heavy atom. The second kappa shape index (κ2) is 4.52. The van der Waals surface area contributed by atoms with Gasteiger partial charge in [0.15, 0.2) is 5.82 Å². The van der Waals surface area contributed by atoms with Crippen LogP contribution in [0.4, 0.5) is 14.6 Å². The summed E-state index contributed by atoms with van der Waals surface area (Å²) in [4.78, 5) is 14.3. The molecule has 0 atom stereocenters. The first-order valence-corrected chi connectivity index (χ1v) is 6.33. The molecule has 2 aromatic rings. The lowest BCUT2D eigenvalue weighted by atomic mass is 10.1. The molecule has 1 aliphatic heterocycles. The predicted octanol–water partition coefficient (Wildman–Crippen LogP) is 2.91. The zero-order valence-corrected chi connectivity index (χ0v) is 10.7. The van der Waals surface area contributed by atoms with Crippen LogP contribution in [0.2, 0.25) is 5.15 Å². The maximum Gasteiger partial charge on any atom is 0.251 e. The number of anilines is 1. The van der Waals surface area contributed by atoms with Crippen molar-refractivity contribution in [3.05, 3.63) is 23.6 Å². The van der Waals surface area contributed by atoms with Crippen molar-refractivity contribution >= 4 is 28.5 Å². The highest BCUT2D eigenvalue weighted by atomic mass is 35.5. The van der Waals surface area contributed by atoms with E-state index in [9.17, 15) is 8.78 Å². The first-order chi connectivity index (χ1) is 9.05. The molecule has 0 saturated carbocycles. The fraction of sp³-hybridized carbons (Fsp3) is 0.417. The molecular weight excluding hydrogens is 274 g/mol. The SMILES string of the molecule is FC1(F)CCN(c2ncnc3ccc(Cl)nc23)CC1. The average molecular weight is 285 g/mol. The van der Waals surface area contributed by atoms with Crippen molar-refractivity contribution in [1.82, 2.24) is 15.0 Å². The summed E-state index contributed by atoms with van der Waals surface area (Å²) >= 11 is 5.87. The minimum absolute atomic E-state index is 0.168. The summed E-state index contributed by atoms with van der Waals surface area (Å²) in [5.41, 5.74) is 1.21. The Morgan fingerprint density at radius 2 is 1.89 bits per heavy atom. The topological polar surface area (TPSA) is 41.9 Å². The average Bonchev–Trinajstić information content (AvgIpc) is 2.38. The quantitative estimate of drug-likeness (QED) is 0.755. The number of aromatic nitrogens is 3. The number of alkyl halides is 2. The molecule has 0 amide bonds. The van der Waals surface area contributed by atoms with E-state index in [1.165, 1.54) is 6.33 Å². The fourth-order valence-corrected chi connectivity index (χ4v) is 2.33. The lowest BCUT2D eigenvalue weighted by Gasteiger charge is -2.32. The standard InChI is InChI=1S/C12H11ClF2N4/c13-9-2-1-8-10(18-9)11(17-7-16-8)19-5-3-12(14,15)4-6-19/h1-2,7H,3-6H2. The Labute approximate surface area is 113 Å². The van der Waals surface area contributed by atoms with Gasteiger partial charge < -0.3 is 4.90 Å². The molecule has 0 spiro atoms. The van der Waals surface area contributed by atoms with Gasteiger partial charge in [0.25, 0.3) is 5.92 Å². The highest BCUT2D eigenvalue weighted by Gasteiger charge is 2.34. The molecule has 1 aliphatic rings. The van der Waals surface area contributed by atoms with Crippen LogP contribution >= 0.6 is 11.6 Å². The van der Waals surface area contributed by atoms with Crippen LogP contribution < -0.4 is 4.90 Å². The van der Waals surface area contributed by atoms with Gasteiger partial charge in [0.05, 0.1) is 5.52 Å². The molecule has 3 rings (SSSR count). The summed E-state index contributed by atoms with van der Waals surface area (Å²) in [6, 6.07) is 3.39. The number of rotatable bonds is 1. The van der Waals surface area contributed by atoms with Gasteiger partial charge in [-0.2, -0.15) is 0 Å². The smallest absolute Gasteiger partial charge is 0.251 e. The van der Waals surface area contributed by atoms with Crippen molar-refractivity contribution in [3.8, 4) is 0 Å². The van der Waals surface area contributed by atoms with Crippen molar-refractivity contribution < 1.29 is 8.78 Å². The van der Waals surface area contributed by atoms with Gasteiger partial charge in [0, 0.05) is 25.9 Å². The Hall–Kier alpha value is -1.56. The van der Waals surface area contributed by atoms with Crippen LogP contribution in [0, 0.1) is 0 Å². The van der Waals surface area contributed by atoms with E-state index in [-0.39, 0.29) is 25.9 Å². The molecule has 100 valence electrons. The second-order valence-electron chi connectivity index (χ2n) is 4.54. The van der Waals surface area contributed by atoms with Crippen LogP contribution in [0.25, 0.3) is 11.0 Å². The zero-order chi connectivity index (χ0) is 13.5. The molecule has 4 nitrogen and oxygen atoms in total. The molecule has 1 saturated heterocycles. The zero-order valence-electron chi connectivity index (χ0n) is 9.98. The molecule has 0 aromatic carbocycles. The van der Waals surface area contributed by atoms with E-state index >= 15 is 0 Å². The molecule has 1 fully saturated rings. The molecule has 0 radical (unpaired) electrons. The highest BCUT2D eigenvalue weighted by Crippen LogP contribution is 2.31. The summed E-state index contributed by atoms with van der Waals surface area (Å²) in [5.74, 6) is -2.01. The maximum absolute atomic E-state index is 13.2. The van der Waals surface area contributed by atoms with Gasteiger partial charge in [-0.05, 0) is 12.1 Å². The number of hydrogen-bond donors (Lipinski definition) is 0. The van der Waals surface area contributed by atoms with Crippen molar-refractivity contribution in [2.45, 2.75) is 18.8 Å². The number of hydrogen-bond acceptors (Lipinski definition) is 4. The molecule has 0 aliphatic carbocycles. The number of pyridine rings is 1. The fourth-order valence-electron chi connectivity index (χ4n) is 2.18. The van der Waals surface area contributed by atoms with Crippen LogP contribution in [0.15, 0.2) is 18.5 Å². The van der Waals surface area contributed by atoms with E-state index in [1.54, 1.807) is 12.1 Å². The number of piperidine rings is 1. The minimum Gasteiger partial charge on any atom is -0.354 e. The summed E-state index contributed by atoms with van der Waals surface area (Å²) in [5, 5.41) is 0.339. The van der Waals surface area contributed by atoms with Gasteiger partial charge in [-0.3, -0.25) is 0 Å². The first-order valence-electron chi connectivity index (χ1n) is 5.95. The van der Waals surface area contributed by atoms with Gasteiger partial charge in [-0.1, -0.05) is 11.6 Å². The second-order valence-corrected chi connectivity index (χ2v) is 4.93. The van der Waals surface area contributed by atoms with Crippen LogP contribution in [-0.4, -0.2) is 34.0 Å². The molecular formula is C12H11ClF2N4. The van der Waals surface area contributed by atoms with E-state index in [0.29, 0.717) is 22.0 Å². The van der Waals surface area contributed by atoms with Crippen molar-refractivity contribution in [3.63, 3.8) is 0 Å². The summed E-state index contributed by atoms with van der Waals surface area (Å²) in [6.07, 6.45) is 1.08.